The summed E-state index contributed by atoms with van der Waals surface area (Å²) in [6.07, 6.45) is 1.28. The summed E-state index contributed by atoms with van der Waals surface area (Å²) >= 11 is 0. The van der Waals surface area contributed by atoms with Crippen molar-refractivity contribution in [3.63, 3.8) is 0 Å². The lowest BCUT2D eigenvalue weighted by Crippen LogP contribution is -2.05. The number of carboxylic acid groups (broad SMARTS) is 1. The van der Waals surface area contributed by atoms with Gasteiger partial charge >= 0.3 is 5.97 Å². The van der Waals surface area contributed by atoms with Crippen LogP contribution in [0.4, 0.5) is 0 Å². The summed E-state index contributed by atoms with van der Waals surface area (Å²) in [5.41, 5.74) is 2.19. The molecule has 4 nitrogen and oxygen atoms in total. The summed E-state index contributed by atoms with van der Waals surface area (Å²) in [5.74, 6) is -1.03. The Kier molecular flexibility index (Phi) is 2.64. The number of carboxylic acids is 1. The van der Waals surface area contributed by atoms with Gasteiger partial charge in [0, 0.05) is 11.1 Å². The van der Waals surface area contributed by atoms with Crippen molar-refractivity contribution < 1.29 is 9.90 Å². The predicted molar refractivity (Wildman–Crippen MR) is 59.2 cm³/mol. The van der Waals surface area contributed by atoms with Gasteiger partial charge in [0.1, 0.15) is 6.33 Å². The SMILES string of the molecule is Cc1c(C(=O)O)ncnc1-c1ccccc1. The van der Waals surface area contributed by atoms with E-state index in [1.54, 1.807) is 6.92 Å². The van der Waals surface area contributed by atoms with Crippen LogP contribution >= 0.6 is 0 Å². The highest BCUT2D eigenvalue weighted by atomic mass is 16.4. The smallest absolute Gasteiger partial charge is 0.354 e. The lowest BCUT2D eigenvalue weighted by Gasteiger charge is -2.06. The van der Waals surface area contributed by atoms with Gasteiger partial charge in [-0.25, -0.2) is 14.8 Å². The van der Waals surface area contributed by atoms with Gasteiger partial charge in [-0.3, -0.25) is 0 Å². The number of nitrogens with zero attached hydrogens (tertiary/aromatic N) is 2. The molecule has 2 rings (SSSR count). The fraction of sp³-hybridized carbons (Fsp3) is 0.0833. The molecule has 80 valence electrons. The quantitative estimate of drug-likeness (QED) is 0.831. The highest BCUT2D eigenvalue weighted by Gasteiger charge is 2.13. The van der Waals surface area contributed by atoms with E-state index >= 15 is 0 Å². The van der Waals surface area contributed by atoms with Gasteiger partial charge in [0.2, 0.25) is 0 Å². The predicted octanol–water partition coefficient (Wildman–Crippen LogP) is 2.15. The molecule has 0 fully saturated rings. The van der Waals surface area contributed by atoms with Crippen LogP contribution in [0.2, 0.25) is 0 Å². The van der Waals surface area contributed by atoms with Gasteiger partial charge in [0.15, 0.2) is 5.69 Å². The highest BCUT2D eigenvalue weighted by molar-refractivity contribution is 5.89. The minimum absolute atomic E-state index is 0.0499. The lowest BCUT2D eigenvalue weighted by molar-refractivity contribution is 0.0689. The summed E-state index contributed by atoms with van der Waals surface area (Å²) in [7, 11) is 0. The van der Waals surface area contributed by atoms with E-state index in [4.69, 9.17) is 5.11 Å². The van der Waals surface area contributed by atoms with Crippen molar-refractivity contribution in [2.45, 2.75) is 6.92 Å². The Morgan fingerprint density at radius 2 is 1.88 bits per heavy atom. The fourth-order valence-corrected chi connectivity index (χ4v) is 1.55. The molecule has 0 atom stereocenters. The molecule has 0 amide bonds. The molecule has 0 unspecified atom stereocenters. The molecule has 0 aliphatic heterocycles. The maximum absolute atomic E-state index is 10.9. The average molecular weight is 214 g/mol. The van der Waals surface area contributed by atoms with Gasteiger partial charge in [-0.1, -0.05) is 30.3 Å². The Labute approximate surface area is 92.6 Å². The molecule has 1 aromatic carbocycles. The second-order valence-corrected chi connectivity index (χ2v) is 3.37. The normalized spacial score (nSPS) is 10.1. The average Bonchev–Trinajstić information content (AvgIpc) is 2.30. The van der Waals surface area contributed by atoms with E-state index in [1.807, 2.05) is 30.3 Å². The van der Waals surface area contributed by atoms with Crippen LogP contribution in [0.5, 0.6) is 0 Å². The lowest BCUT2D eigenvalue weighted by atomic mass is 10.1. The Hall–Kier alpha value is -2.23. The van der Waals surface area contributed by atoms with Crippen LogP contribution in [0.15, 0.2) is 36.7 Å². The first-order valence-corrected chi connectivity index (χ1v) is 4.80. The molecule has 2 aromatic rings. The van der Waals surface area contributed by atoms with E-state index in [1.165, 1.54) is 6.33 Å². The Bertz CT molecular complexity index is 524. The zero-order valence-corrected chi connectivity index (χ0v) is 8.71. The summed E-state index contributed by atoms with van der Waals surface area (Å²) in [5, 5.41) is 8.95. The van der Waals surface area contributed by atoms with E-state index in [2.05, 4.69) is 9.97 Å². The molecule has 0 aliphatic carbocycles. The van der Waals surface area contributed by atoms with E-state index in [9.17, 15) is 4.79 Å². The molecule has 1 heterocycles. The van der Waals surface area contributed by atoms with E-state index < -0.39 is 5.97 Å². The summed E-state index contributed by atoms with van der Waals surface area (Å²) in [6, 6.07) is 9.45. The molecule has 0 saturated heterocycles. The van der Waals surface area contributed by atoms with Gasteiger partial charge in [0.25, 0.3) is 0 Å². The standard InChI is InChI=1S/C12H10N2O2/c1-8-10(9-5-3-2-4-6-9)13-7-14-11(8)12(15)16/h2-7H,1H3,(H,15,16). The van der Waals surface area contributed by atoms with Crippen LogP contribution in [-0.2, 0) is 0 Å². The molecule has 0 bridgehead atoms. The number of aromatic nitrogens is 2. The zero-order valence-electron chi connectivity index (χ0n) is 8.71. The van der Waals surface area contributed by atoms with Crippen molar-refractivity contribution >= 4 is 5.97 Å². The van der Waals surface area contributed by atoms with E-state index in [0.717, 1.165) is 5.56 Å². The Morgan fingerprint density at radius 3 is 2.50 bits per heavy atom. The van der Waals surface area contributed by atoms with Gasteiger partial charge in [0.05, 0.1) is 5.69 Å². The molecule has 0 spiro atoms. The summed E-state index contributed by atoms with van der Waals surface area (Å²) in [4.78, 5) is 18.8. The number of rotatable bonds is 2. The number of carbonyl (C=O) groups is 1. The minimum atomic E-state index is -1.03. The van der Waals surface area contributed by atoms with Crippen molar-refractivity contribution in [1.82, 2.24) is 9.97 Å². The van der Waals surface area contributed by atoms with Crippen LogP contribution in [0.3, 0.4) is 0 Å². The second kappa shape index (κ2) is 4.10. The monoisotopic (exact) mass is 214 g/mol. The van der Waals surface area contributed by atoms with Crippen molar-refractivity contribution in [3.8, 4) is 11.3 Å². The van der Waals surface area contributed by atoms with Crippen molar-refractivity contribution in [1.29, 1.82) is 0 Å². The highest BCUT2D eigenvalue weighted by Crippen LogP contribution is 2.21. The molecular weight excluding hydrogens is 204 g/mol. The molecule has 4 heteroatoms. The van der Waals surface area contributed by atoms with Gasteiger partial charge < -0.3 is 5.11 Å². The maximum atomic E-state index is 10.9. The van der Waals surface area contributed by atoms with Crippen LogP contribution < -0.4 is 0 Å². The second-order valence-electron chi connectivity index (χ2n) is 3.37. The Balaban J connectivity index is 2.59. The maximum Gasteiger partial charge on any atom is 0.354 e. The number of benzene rings is 1. The van der Waals surface area contributed by atoms with Crippen molar-refractivity contribution in [2.24, 2.45) is 0 Å². The third-order valence-electron chi connectivity index (χ3n) is 2.33. The molecule has 0 radical (unpaired) electrons. The number of hydrogen-bond donors (Lipinski definition) is 1. The van der Waals surface area contributed by atoms with Gasteiger partial charge in [-0.2, -0.15) is 0 Å². The Morgan fingerprint density at radius 1 is 1.19 bits per heavy atom. The summed E-state index contributed by atoms with van der Waals surface area (Å²) in [6.45, 7) is 1.71. The van der Waals surface area contributed by atoms with E-state index in [0.29, 0.717) is 11.3 Å². The summed E-state index contributed by atoms with van der Waals surface area (Å²) < 4.78 is 0. The first kappa shape index (κ1) is 10.3. The fourth-order valence-electron chi connectivity index (χ4n) is 1.55. The molecule has 1 aromatic heterocycles. The third-order valence-corrected chi connectivity index (χ3v) is 2.33. The van der Waals surface area contributed by atoms with Crippen LogP contribution in [0, 0.1) is 6.92 Å². The van der Waals surface area contributed by atoms with Crippen molar-refractivity contribution in [3.05, 3.63) is 47.9 Å². The minimum Gasteiger partial charge on any atom is -0.477 e. The zero-order chi connectivity index (χ0) is 11.5. The van der Waals surface area contributed by atoms with Crippen LogP contribution in [-0.4, -0.2) is 21.0 Å². The topological polar surface area (TPSA) is 63.1 Å². The first-order valence-electron chi connectivity index (χ1n) is 4.80. The molecule has 1 N–H and O–H groups in total. The van der Waals surface area contributed by atoms with Gasteiger partial charge in [-0.05, 0) is 6.92 Å². The van der Waals surface area contributed by atoms with Crippen LogP contribution in [0.25, 0.3) is 11.3 Å². The number of hydrogen-bond acceptors (Lipinski definition) is 3. The molecule has 16 heavy (non-hydrogen) atoms. The number of aromatic carboxylic acids is 1. The van der Waals surface area contributed by atoms with E-state index in [-0.39, 0.29) is 5.69 Å². The molecule has 0 aliphatic rings. The van der Waals surface area contributed by atoms with Gasteiger partial charge in [-0.15, -0.1) is 0 Å². The van der Waals surface area contributed by atoms with Crippen molar-refractivity contribution in [2.75, 3.05) is 0 Å². The molecule has 0 saturated carbocycles. The largest absolute Gasteiger partial charge is 0.477 e. The first-order chi connectivity index (χ1) is 7.70. The molecular formula is C12H10N2O2. The third kappa shape index (κ3) is 1.77. The van der Waals surface area contributed by atoms with Crippen LogP contribution in [0.1, 0.15) is 16.1 Å².